The number of benzene rings is 2. The number of nitrogens with one attached hydrogen (secondary N) is 1. The zero-order chi connectivity index (χ0) is 25.2. The minimum atomic E-state index is -0.597. The number of hydrogen-bond acceptors (Lipinski definition) is 6. The number of methoxy groups -OCH3 is 1. The maximum absolute atomic E-state index is 12.5. The first-order valence-corrected chi connectivity index (χ1v) is 10.9. The number of hydrazone groups is 1. The second-order valence-corrected chi connectivity index (χ2v) is 9.23. The summed E-state index contributed by atoms with van der Waals surface area (Å²) in [4.78, 5) is 24.1. The lowest BCUT2D eigenvalue weighted by Gasteiger charge is -2.19. The van der Waals surface area contributed by atoms with Crippen molar-refractivity contribution in [3.05, 3.63) is 69.9 Å². The Bertz CT molecular complexity index is 1270. The van der Waals surface area contributed by atoms with Crippen molar-refractivity contribution in [3.63, 3.8) is 0 Å². The van der Waals surface area contributed by atoms with Crippen LogP contribution in [0.4, 0.5) is 0 Å². The maximum atomic E-state index is 12.5. The first-order valence-electron chi connectivity index (χ1n) is 10.5. The number of carbonyl (C=O) groups is 2. The van der Waals surface area contributed by atoms with Gasteiger partial charge < -0.3 is 9.84 Å². The SMILES string of the molecule is COC(=O)c1ccc(C(=O)N/N=C(/C)c2nn(C)c(-c3ccc(C(C)(C)C)cc3)c2O)cc1Cl. The Morgan fingerprint density at radius 3 is 2.35 bits per heavy atom. The molecule has 2 aromatic carbocycles. The molecule has 0 atom stereocenters. The highest BCUT2D eigenvalue weighted by Crippen LogP contribution is 2.33. The number of aromatic hydroxyl groups is 1. The van der Waals surface area contributed by atoms with Crippen LogP contribution in [0.3, 0.4) is 0 Å². The van der Waals surface area contributed by atoms with Crippen LogP contribution in [0, 0.1) is 0 Å². The fourth-order valence-corrected chi connectivity index (χ4v) is 3.65. The molecule has 8 nitrogen and oxygen atoms in total. The van der Waals surface area contributed by atoms with Gasteiger partial charge in [0.1, 0.15) is 5.69 Å². The Hall–Kier alpha value is -3.65. The molecule has 1 aromatic heterocycles. The number of esters is 1. The molecular formula is C25H27ClN4O4. The normalized spacial score (nSPS) is 11.9. The summed E-state index contributed by atoms with van der Waals surface area (Å²) < 4.78 is 6.21. The number of rotatable bonds is 5. The zero-order valence-corrected chi connectivity index (χ0v) is 20.7. The lowest BCUT2D eigenvalue weighted by atomic mass is 9.86. The Labute approximate surface area is 203 Å². The van der Waals surface area contributed by atoms with Gasteiger partial charge in [0.05, 0.1) is 23.4 Å². The van der Waals surface area contributed by atoms with E-state index in [9.17, 15) is 14.7 Å². The number of nitrogens with zero attached hydrogens (tertiary/aromatic N) is 3. The third kappa shape index (κ3) is 5.12. The number of hydrogen-bond donors (Lipinski definition) is 2. The van der Waals surface area contributed by atoms with Gasteiger partial charge in [0.2, 0.25) is 0 Å². The van der Waals surface area contributed by atoms with Crippen LogP contribution in [0.15, 0.2) is 47.6 Å². The molecule has 0 spiro atoms. The summed E-state index contributed by atoms with van der Waals surface area (Å²) in [5.74, 6) is -1.17. The number of amides is 1. The third-order valence-electron chi connectivity index (χ3n) is 5.35. The van der Waals surface area contributed by atoms with Crippen molar-refractivity contribution < 1.29 is 19.4 Å². The van der Waals surface area contributed by atoms with Gasteiger partial charge in [-0.05, 0) is 36.1 Å². The molecule has 9 heteroatoms. The number of aromatic nitrogens is 2. The molecule has 3 aromatic rings. The van der Waals surface area contributed by atoms with Gasteiger partial charge in [-0.1, -0.05) is 56.6 Å². The van der Waals surface area contributed by atoms with Crippen molar-refractivity contribution >= 4 is 29.2 Å². The van der Waals surface area contributed by atoms with E-state index >= 15 is 0 Å². The fourth-order valence-electron chi connectivity index (χ4n) is 3.39. The van der Waals surface area contributed by atoms with Gasteiger partial charge in [-0.3, -0.25) is 9.48 Å². The maximum Gasteiger partial charge on any atom is 0.339 e. The smallest absolute Gasteiger partial charge is 0.339 e. The summed E-state index contributed by atoms with van der Waals surface area (Å²) in [6.07, 6.45) is 0. The van der Waals surface area contributed by atoms with Gasteiger partial charge >= 0.3 is 5.97 Å². The summed E-state index contributed by atoms with van der Waals surface area (Å²) in [6.45, 7) is 8.04. The number of halogens is 1. The van der Waals surface area contributed by atoms with Gasteiger partial charge in [-0.25, -0.2) is 10.2 Å². The molecule has 0 radical (unpaired) electrons. The first kappa shape index (κ1) is 25.0. The average molecular weight is 483 g/mol. The molecule has 0 unspecified atom stereocenters. The molecule has 0 fully saturated rings. The fraction of sp³-hybridized carbons (Fsp3) is 0.280. The molecule has 0 aliphatic rings. The molecule has 0 bridgehead atoms. The van der Waals surface area contributed by atoms with E-state index in [-0.39, 0.29) is 33.0 Å². The molecule has 0 saturated carbocycles. The van der Waals surface area contributed by atoms with Crippen LogP contribution in [0.2, 0.25) is 5.02 Å². The molecule has 178 valence electrons. The predicted molar refractivity (Wildman–Crippen MR) is 131 cm³/mol. The highest BCUT2D eigenvalue weighted by molar-refractivity contribution is 6.34. The molecular weight excluding hydrogens is 456 g/mol. The van der Waals surface area contributed by atoms with Crippen molar-refractivity contribution in [2.24, 2.45) is 12.1 Å². The summed E-state index contributed by atoms with van der Waals surface area (Å²) in [5.41, 5.74) is 5.89. The minimum absolute atomic E-state index is 0.0174. The molecule has 1 heterocycles. The van der Waals surface area contributed by atoms with E-state index in [1.807, 2.05) is 24.3 Å². The Balaban J connectivity index is 1.82. The number of ether oxygens (including phenoxy) is 1. The highest BCUT2D eigenvalue weighted by atomic mass is 35.5. The van der Waals surface area contributed by atoms with Gasteiger partial charge in [0.25, 0.3) is 5.91 Å². The molecule has 1 amide bonds. The molecule has 0 aliphatic heterocycles. The Morgan fingerprint density at radius 2 is 1.79 bits per heavy atom. The first-order chi connectivity index (χ1) is 15.9. The Morgan fingerprint density at radius 1 is 1.15 bits per heavy atom. The van der Waals surface area contributed by atoms with Crippen molar-refractivity contribution in [1.29, 1.82) is 0 Å². The quantitative estimate of drug-likeness (QED) is 0.312. The topological polar surface area (TPSA) is 106 Å². The van der Waals surface area contributed by atoms with Crippen LogP contribution in [-0.4, -0.2) is 39.6 Å². The van der Waals surface area contributed by atoms with E-state index in [4.69, 9.17) is 11.6 Å². The van der Waals surface area contributed by atoms with Crippen molar-refractivity contribution in [1.82, 2.24) is 15.2 Å². The van der Waals surface area contributed by atoms with Crippen LogP contribution in [-0.2, 0) is 17.2 Å². The molecule has 2 N–H and O–H groups in total. The number of aryl methyl sites for hydroxylation is 1. The molecule has 0 saturated heterocycles. The summed E-state index contributed by atoms with van der Waals surface area (Å²) >= 11 is 6.08. The summed E-state index contributed by atoms with van der Waals surface area (Å²) in [6, 6.07) is 12.1. The van der Waals surface area contributed by atoms with Gasteiger partial charge in [-0.15, -0.1) is 0 Å². The largest absolute Gasteiger partial charge is 0.504 e. The summed E-state index contributed by atoms with van der Waals surface area (Å²) in [5, 5.41) is 19.4. The van der Waals surface area contributed by atoms with E-state index in [1.54, 1.807) is 18.7 Å². The van der Waals surface area contributed by atoms with Crippen molar-refractivity contribution in [2.75, 3.05) is 7.11 Å². The van der Waals surface area contributed by atoms with E-state index in [2.05, 4.69) is 41.1 Å². The van der Waals surface area contributed by atoms with Gasteiger partial charge in [0, 0.05) is 18.2 Å². The van der Waals surface area contributed by atoms with Crippen molar-refractivity contribution in [3.8, 4) is 17.0 Å². The lowest BCUT2D eigenvalue weighted by molar-refractivity contribution is 0.0600. The van der Waals surface area contributed by atoms with E-state index in [0.717, 1.165) is 5.56 Å². The standard InChI is InChI=1S/C25H27ClN4O4/c1-14(27-28-23(32)16-9-12-18(19(26)13-16)24(33)34-6)20-22(31)21(30(5)29-20)15-7-10-17(11-8-15)25(2,3)4/h7-13,31H,1-6H3,(H,28,32)/b27-14-. The zero-order valence-electron chi connectivity index (χ0n) is 19.9. The summed E-state index contributed by atoms with van der Waals surface area (Å²) in [7, 11) is 2.98. The van der Waals surface area contributed by atoms with Gasteiger partial charge in [-0.2, -0.15) is 10.2 Å². The minimum Gasteiger partial charge on any atom is -0.504 e. The van der Waals surface area contributed by atoms with Gasteiger partial charge in [0.15, 0.2) is 11.4 Å². The van der Waals surface area contributed by atoms with E-state index in [1.165, 1.54) is 30.9 Å². The lowest BCUT2D eigenvalue weighted by Crippen LogP contribution is -2.20. The highest BCUT2D eigenvalue weighted by Gasteiger charge is 2.21. The van der Waals surface area contributed by atoms with Crippen LogP contribution in [0.25, 0.3) is 11.3 Å². The van der Waals surface area contributed by atoms with Crippen LogP contribution >= 0.6 is 11.6 Å². The second kappa shape index (κ2) is 9.69. The molecule has 3 rings (SSSR count). The van der Waals surface area contributed by atoms with Crippen LogP contribution < -0.4 is 5.43 Å². The predicted octanol–water partition coefficient (Wildman–Crippen LogP) is 4.68. The Kier molecular flexibility index (Phi) is 7.12. The molecule has 0 aliphatic carbocycles. The van der Waals surface area contributed by atoms with Crippen LogP contribution in [0.5, 0.6) is 5.75 Å². The van der Waals surface area contributed by atoms with Crippen molar-refractivity contribution in [2.45, 2.75) is 33.1 Å². The third-order valence-corrected chi connectivity index (χ3v) is 5.66. The van der Waals surface area contributed by atoms with Crippen LogP contribution in [0.1, 0.15) is 59.7 Å². The molecule has 34 heavy (non-hydrogen) atoms. The van der Waals surface area contributed by atoms with E-state index in [0.29, 0.717) is 11.4 Å². The average Bonchev–Trinajstić information content (AvgIpc) is 3.09. The monoisotopic (exact) mass is 482 g/mol. The number of carbonyl (C=O) groups excluding carboxylic acids is 2. The van der Waals surface area contributed by atoms with E-state index < -0.39 is 11.9 Å². The second-order valence-electron chi connectivity index (χ2n) is 8.82.